The maximum atomic E-state index is 13.1. The lowest BCUT2D eigenvalue weighted by Crippen LogP contribution is -2.16. The molecule has 0 bridgehead atoms. The lowest BCUT2D eigenvalue weighted by Gasteiger charge is -2.05. The zero-order chi connectivity index (χ0) is 20.4. The molecule has 4 rings (SSSR count). The summed E-state index contributed by atoms with van der Waals surface area (Å²) in [6.45, 7) is 1.97. The maximum Gasteiger partial charge on any atom is 0.279 e. The number of anilines is 1. The van der Waals surface area contributed by atoms with E-state index >= 15 is 0 Å². The average Bonchev–Trinajstić information content (AvgIpc) is 3.10. The topological polar surface area (TPSA) is 105 Å². The van der Waals surface area contributed by atoms with Crippen LogP contribution in [0.15, 0.2) is 58.5 Å². The number of rotatable bonds is 5. The summed E-state index contributed by atoms with van der Waals surface area (Å²) in [5, 5.41) is 15.3. The van der Waals surface area contributed by atoms with Crippen LogP contribution in [0, 0.1) is 12.7 Å². The minimum absolute atomic E-state index is 0.0847. The van der Waals surface area contributed by atoms with Crippen molar-refractivity contribution >= 4 is 29.1 Å². The summed E-state index contributed by atoms with van der Waals surface area (Å²) < 4.78 is 14.5. The van der Waals surface area contributed by atoms with E-state index in [2.05, 4.69) is 25.6 Å². The van der Waals surface area contributed by atoms with Gasteiger partial charge in [0.05, 0.1) is 5.75 Å². The van der Waals surface area contributed by atoms with Crippen molar-refractivity contribution < 1.29 is 9.18 Å². The van der Waals surface area contributed by atoms with Gasteiger partial charge in [-0.15, -0.1) is 10.2 Å². The smallest absolute Gasteiger partial charge is 0.279 e. The third-order valence-corrected chi connectivity index (χ3v) is 4.96. The summed E-state index contributed by atoms with van der Waals surface area (Å²) in [6.07, 6.45) is 0. The van der Waals surface area contributed by atoms with Crippen LogP contribution < -0.4 is 10.9 Å². The van der Waals surface area contributed by atoms with Gasteiger partial charge < -0.3 is 5.32 Å². The molecule has 146 valence electrons. The standard InChI is InChI=1S/C19H15FN6O2S/c1-11-2-8-14(9-3-11)21-15(27)10-29-19-24-23-18-22-17(28)16(25-26(18)19)12-4-6-13(20)7-5-12/h2-9H,10H2,1H3,(H,21,27)(H,22,23,28). The molecule has 4 aromatic rings. The van der Waals surface area contributed by atoms with Gasteiger partial charge in [-0.25, -0.2) is 4.39 Å². The van der Waals surface area contributed by atoms with Crippen molar-refractivity contribution in [2.45, 2.75) is 12.1 Å². The highest BCUT2D eigenvalue weighted by Gasteiger charge is 2.14. The van der Waals surface area contributed by atoms with E-state index in [1.165, 1.54) is 28.8 Å². The average molecular weight is 410 g/mol. The van der Waals surface area contributed by atoms with E-state index in [-0.39, 0.29) is 23.1 Å². The Kier molecular flexibility index (Phi) is 5.09. The van der Waals surface area contributed by atoms with Gasteiger partial charge in [0.2, 0.25) is 11.1 Å². The Hall–Kier alpha value is -3.53. The number of aromatic nitrogens is 5. The molecule has 2 aromatic heterocycles. The highest BCUT2D eigenvalue weighted by Crippen LogP contribution is 2.18. The monoisotopic (exact) mass is 410 g/mol. The molecule has 1 amide bonds. The van der Waals surface area contributed by atoms with Crippen molar-refractivity contribution in [2.75, 3.05) is 11.1 Å². The van der Waals surface area contributed by atoms with Gasteiger partial charge >= 0.3 is 0 Å². The number of amides is 1. The molecule has 10 heteroatoms. The molecule has 2 N–H and O–H groups in total. The van der Waals surface area contributed by atoms with E-state index < -0.39 is 11.4 Å². The second-order valence-corrected chi connectivity index (χ2v) is 7.17. The SMILES string of the molecule is Cc1ccc(NC(=O)CSc2nnc3[nH]c(=O)c(-c4ccc(F)cc4)nn23)cc1. The molecule has 0 radical (unpaired) electrons. The summed E-state index contributed by atoms with van der Waals surface area (Å²) in [5.41, 5.74) is 1.89. The van der Waals surface area contributed by atoms with Crippen LogP contribution in [-0.4, -0.2) is 36.5 Å². The zero-order valence-corrected chi connectivity index (χ0v) is 16.0. The van der Waals surface area contributed by atoms with Crippen molar-refractivity contribution in [2.24, 2.45) is 0 Å². The van der Waals surface area contributed by atoms with Crippen LogP contribution in [0.2, 0.25) is 0 Å². The minimum Gasteiger partial charge on any atom is -0.325 e. The number of carbonyl (C=O) groups is 1. The molecule has 0 saturated carbocycles. The number of hydrogen-bond donors (Lipinski definition) is 2. The molecule has 29 heavy (non-hydrogen) atoms. The molecule has 2 heterocycles. The Bertz CT molecular complexity index is 1230. The number of H-pyrrole nitrogens is 1. The van der Waals surface area contributed by atoms with Gasteiger partial charge in [0.25, 0.3) is 11.3 Å². The highest BCUT2D eigenvalue weighted by molar-refractivity contribution is 7.99. The number of nitrogens with zero attached hydrogens (tertiary/aromatic N) is 4. The Balaban J connectivity index is 1.54. The zero-order valence-electron chi connectivity index (χ0n) is 15.2. The van der Waals surface area contributed by atoms with Gasteiger partial charge in [-0.1, -0.05) is 29.5 Å². The number of carbonyl (C=O) groups excluding carboxylic acids is 1. The minimum atomic E-state index is -0.467. The fourth-order valence-corrected chi connectivity index (χ4v) is 3.27. The largest absolute Gasteiger partial charge is 0.325 e. The fraction of sp³-hybridized carbons (Fsp3) is 0.105. The van der Waals surface area contributed by atoms with Crippen molar-refractivity contribution in [1.82, 2.24) is 24.8 Å². The van der Waals surface area contributed by atoms with Crippen molar-refractivity contribution in [3.05, 3.63) is 70.3 Å². The number of aromatic amines is 1. The molecule has 0 aliphatic carbocycles. The van der Waals surface area contributed by atoms with Crippen LogP contribution in [-0.2, 0) is 4.79 Å². The lowest BCUT2D eigenvalue weighted by molar-refractivity contribution is -0.113. The number of aryl methyl sites for hydroxylation is 1. The summed E-state index contributed by atoms with van der Waals surface area (Å²) in [7, 11) is 0. The molecule has 0 spiro atoms. The van der Waals surface area contributed by atoms with Gasteiger partial charge in [-0.3, -0.25) is 14.6 Å². The normalized spacial score (nSPS) is 11.0. The molecular weight excluding hydrogens is 395 g/mol. The predicted octanol–water partition coefficient (Wildman–Crippen LogP) is 2.66. The molecule has 0 aliphatic heterocycles. The quantitative estimate of drug-likeness (QED) is 0.490. The number of hydrogen-bond acceptors (Lipinski definition) is 6. The van der Waals surface area contributed by atoms with E-state index in [0.717, 1.165) is 17.3 Å². The first-order valence-electron chi connectivity index (χ1n) is 8.60. The van der Waals surface area contributed by atoms with Crippen LogP contribution in [0.25, 0.3) is 17.0 Å². The number of thioether (sulfide) groups is 1. The van der Waals surface area contributed by atoms with Crippen LogP contribution in [0.1, 0.15) is 5.56 Å². The van der Waals surface area contributed by atoms with Gasteiger partial charge in [0.1, 0.15) is 5.82 Å². The molecule has 2 aromatic carbocycles. The Morgan fingerprint density at radius 2 is 1.86 bits per heavy atom. The third kappa shape index (κ3) is 4.16. The van der Waals surface area contributed by atoms with Crippen LogP contribution >= 0.6 is 11.8 Å². The van der Waals surface area contributed by atoms with Gasteiger partial charge in [0, 0.05) is 11.3 Å². The van der Waals surface area contributed by atoms with Crippen LogP contribution in [0.5, 0.6) is 0 Å². The van der Waals surface area contributed by atoms with Crippen molar-refractivity contribution in [3.8, 4) is 11.3 Å². The molecule has 8 nitrogen and oxygen atoms in total. The molecule has 0 fully saturated rings. The molecule has 0 aliphatic rings. The Labute approximate surface area is 168 Å². The molecular formula is C19H15FN6O2S. The summed E-state index contributed by atoms with van der Waals surface area (Å²) in [6, 6.07) is 12.9. The number of halogens is 1. The van der Waals surface area contributed by atoms with Crippen LogP contribution in [0.4, 0.5) is 10.1 Å². The molecule has 0 saturated heterocycles. The maximum absolute atomic E-state index is 13.1. The number of fused-ring (bicyclic) bond motifs is 1. The van der Waals surface area contributed by atoms with E-state index in [9.17, 15) is 14.0 Å². The second kappa shape index (κ2) is 7.84. The summed E-state index contributed by atoms with van der Waals surface area (Å²) in [4.78, 5) is 27.0. The van der Waals surface area contributed by atoms with Crippen LogP contribution in [0.3, 0.4) is 0 Å². The first kappa shape index (κ1) is 18.8. The molecule has 0 atom stereocenters. The van der Waals surface area contributed by atoms with Gasteiger partial charge in [-0.2, -0.15) is 9.61 Å². The Morgan fingerprint density at radius 3 is 2.59 bits per heavy atom. The predicted molar refractivity (Wildman–Crippen MR) is 107 cm³/mol. The van der Waals surface area contributed by atoms with E-state index in [0.29, 0.717) is 16.4 Å². The fourth-order valence-electron chi connectivity index (χ4n) is 2.59. The van der Waals surface area contributed by atoms with Crippen molar-refractivity contribution in [1.29, 1.82) is 0 Å². The van der Waals surface area contributed by atoms with Crippen molar-refractivity contribution in [3.63, 3.8) is 0 Å². The second-order valence-electron chi connectivity index (χ2n) is 6.23. The summed E-state index contributed by atoms with van der Waals surface area (Å²) in [5.74, 6) is -0.381. The summed E-state index contributed by atoms with van der Waals surface area (Å²) >= 11 is 1.13. The number of nitrogens with one attached hydrogen (secondary N) is 2. The van der Waals surface area contributed by atoms with Gasteiger partial charge in [0.15, 0.2) is 5.69 Å². The Morgan fingerprint density at radius 1 is 1.14 bits per heavy atom. The van der Waals surface area contributed by atoms with E-state index in [1.54, 1.807) is 0 Å². The first-order valence-corrected chi connectivity index (χ1v) is 9.59. The highest BCUT2D eigenvalue weighted by atomic mass is 32.2. The number of benzene rings is 2. The first-order chi connectivity index (χ1) is 14.0. The molecule has 0 unspecified atom stereocenters. The third-order valence-electron chi connectivity index (χ3n) is 4.04. The lowest BCUT2D eigenvalue weighted by atomic mass is 10.2. The van der Waals surface area contributed by atoms with E-state index in [4.69, 9.17) is 0 Å². The van der Waals surface area contributed by atoms with Gasteiger partial charge in [-0.05, 0) is 43.3 Å². The van der Waals surface area contributed by atoms with E-state index in [1.807, 2.05) is 31.2 Å².